The second-order valence-corrected chi connectivity index (χ2v) is 3.68. The molecule has 90 valence electrons. The summed E-state index contributed by atoms with van der Waals surface area (Å²) in [6.07, 6.45) is 6.30. The first-order chi connectivity index (χ1) is 8.75. The molecule has 0 saturated carbocycles. The van der Waals surface area contributed by atoms with Gasteiger partial charge in [-0.05, 0) is 6.07 Å². The Balaban J connectivity index is 2.05. The largest absolute Gasteiger partial charge is 0.505 e. The van der Waals surface area contributed by atoms with Crippen molar-refractivity contribution < 1.29 is 9.63 Å². The molecule has 3 aromatic heterocycles. The van der Waals surface area contributed by atoms with E-state index in [-0.39, 0.29) is 11.6 Å². The predicted octanol–water partition coefficient (Wildman–Crippen LogP) is 1.24. The van der Waals surface area contributed by atoms with Crippen LogP contribution in [0.3, 0.4) is 0 Å². The molecule has 0 spiro atoms. The zero-order chi connectivity index (χ0) is 12.5. The number of aryl methyl sites for hydroxylation is 1. The van der Waals surface area contributed by atoms with E-state index in [1.807, 2.05) is 7.05 Å². The molecule has 0 bridgehead atoms. The third kappa shape index (κ3) is 1.61. The van der Waals surface area contributed by atoms with E-state index in [0.717, 1.165) is 0 Å². The molecular weight excluding hydrogens is 234 g/mol. The quantitative estimate of drug-likeness (QED) is 0.728. The van der Waals surface area contributed by atoms with Crippen molar-refractivity contribution in [3.63, 3.8) is 0 Å². The van der Waals surface area contributed by atoms with Crippen LogP contribution in [-0.4, -0.2) is 29.8 Å². The normalized spacial score (nSPS) is 10.7. The van der Waals surface area contributed by atoms with Crippen LogP contribution in [0.15, 0.2) is 35.4 Å². The molecule has 3 rings (SSSR count). The molecule has 0 aliphatic rings. The number of aromatic hydroxyl groups is 1. The monoisotopic (exact) mass is 243 g/mol. The maximum absolute atomic E-state index is 9.65. The van der Waals surface area contributed by atoms with E-state index in [1.54, 1.807) is 29.2 Å². The molecule has 0 atom stereocenters. The van der Waals surface area contributed by atoms with Crippen molar-refractivity contribution in [2.45, 2.75) is 0 Å². The van der Waals surface area contributed by atoms with Gasteiger partial charge in [0.15, 0.2) is 5.82 Å². The molecule has 0 aromatic carbocycles. The van der Waals surface area contributed by atoms with Gasteiger partial charge in [0, 0.05) is 25.6 Å². The zero-order valence-electron chi connectivity index (χ0n) is 9.48. The highest BCUT2D eigenvalue weighted by Crippen LogP contribution is 2.27. The van der Waals surface area contributed by atoms with Gasteiger partial charge in [-0.2, -0.15) is 4.98 Å². The highest BCUT2D eigenvalue weighted by molar-refractivity contribution is 5.62. The van der Waals surface area contributed by atoms with Crippen LogP contribution in [0.1, 0.15) is 0 Å². The Kier molecular flexibility index (Phi) is 2.30. The van der Waals surface area contributed by atoms with Crippen molar-refractivity contribution in [3.8, 4) is 28.9 Å². The maximum Gasteiger partial charge on any atom is 0.262 e. The molecule has 0 radical (unpaired) electrons. The van der Waals surface area contributed by atoms with E-state index in [0.29, 0.717) is 17.2 Å². The van der Waals surface area contributed by atoms with Gasteiger partial charge in [0.05, 0.1) is 11.8 Å². The number of nitrogens with zero attached hydrogens (tertiary/aromatic N) is 5. The Hall–Kier alpha value is -2.70. The van der Waals surface area contributed by atoms with Gasteiger partial charge in [0.1, 0.15) is 5.75 Å². The van der Waals surface area contributed by atoms with Crippen LogP contribution in [-0.2, 0) is 7.05 Å². The van der Waals surface area contributed by atoms with E-state index in [2.05, 4.69) is 20.1 Å². The summed E-state index contributed by atoms with van der Waals surface area (Å²) in [5, 5.41) is 13.5. The Morgan fingerprint density at radius 2 is 2.22 bits per heavy atom. The van der Waals surface area contributed by atoms with Crippen molar-refractivity contribution in [1.82, 2.24) is 24.7 Å². The molecule has 18 heavy (non-hydrogen) atoms. The lowest BCUT2D eigenvalue weighted by molar-refractivity contribution is 0.424. The van der Waals surface area contributed by atoms with Crippen LogP contribution in [0.25, 0.3) is 23.1 Å². The van der Waals surface area contributed by atoms with Crippen LogP contribution in [0.5, 0.6) is 5.75 Å². The summed E-state index contributed by atoms with van der Waals surface area (Å²) in [5.74, 6) is 1.19. The SMILES string of the molecule is Cn1ccnc1-c1noc(-c2ccncc2O)n1. The van der Waals surface area contributed by atoms with Gasteiger partial charge >= 0.3 is 0 Å². The Bertz CT molecular complexity index is 688. The summed E-state index contributed by atoms with van der Waals surface area (Å²) >= 11 is 0. The first-order valence-electron chi connectivity index (χ1n) is 5.20. The van der Waals surface area contributed by atoms with Gasteiger partial charge in [-0.15, -0.1) is 0 Å². The van der Waals surface area contributed by atoms with Crippen molar-refractivity contribution in [3.05, 3.63) is 30.9 Å². The van der Waals surface area contributed by atoms with E-state index in [1.165, 1.54) is 6.20 Å². The molecule has 7 nitrogen and oxygen atoms in total. The molecule has 0 amide bonds. The van der Waals surface area contributed by atoms with Crippen molar-refractivity contribution in [1.29, 1.82) is 0 Å². The molecule has 1 N–H and O–H groups in total. The highest BCUT2D eigenvalue weighted by atomic mass is 16.5. The van der Waals surface area contributed by atoms with Crippen LogP contribution in [0.4, 0.5) is 0 Å². The van der Waals surface area contributed by atoms with Crippen LogP contribution in [0, 0.1) is 0 Å². The Morgan fingerprint density at radius 1 is 1.33 bits per heavy atom. The summed E-state index contributed by atoms with van der Waals surface area (Å²) in [5.41, 5.74) is 0.443. The van der Waals surface area contributed by atoms with Gasteiger partial charge in [-0.25, -0.2) is 4.98 Å². The fraction of sp³-hybridized carbons (Fsp3) is 0.0909. The minimum Gasteiger partial charge on any atom is -0.505 e. The first-order valence-corrected chi connectivity index (χ1v) is 5.20. The summed E-state index contributed by atoms with van der Waals surface area (Å²) < 4.78 is 6.89. The summed E-state index contributed by atoms with van der Waals surface area (Å²) in [7, 11) is 1.84. The zero-order valence-corrected chi connectivity index (χ0v) is 9.48. The van der Waals surface area contributed by atoms with Crippen molar-refractivity contribution in [2.24, 2.45) is 7.05 Å². The van der Waals surface area contributed by atoms with E-state index < -0.39 is 0 Å². The smallest absolute Gasteiger partial charge is 0.262 e. The lowest BCUT2D eigenvalue weighted by Gasteiger charge is -1.96. The minimum absolute atomic E-state index is 0.00691. The molecule has 0 fully saturated rings. The van der Waals surface area contributed by atoms with Crippen LogP contribution >= 0.6 is 0 Å². The first kappa shape index (κ1) is 10.5. The number of hydrogen-bond donors (Lipinski definition) is 1. The third-order valence-corrected chi connectivity index (χ3v) is 2.48. The standard InChI is InChI=1S/C11H9N5O2/c1-16-5-4-13-10(16)9-14-11(18-15-9)7-2-3-12-6-8(7)17/h2-6,17H,1H3. The number of pyridine rings is 1. The average Bonchev–Trinajstić information content (AvgIpc) is 2.98. The molecule has 0 aliphatic heterocycles. The number of imidazole rings is 1. The topological polar surface area (TPSA) is 89.9 Å². The summed E-state index contributed by atoms with van der Waals surface area (Å²) in [6.45, 7) is 0. The maximum atomic E-state index is 9.65. The second kappa shape index (κ2) is 3.95. The van der Waals surface area contributed by atoms with Gasteiger partial charge < -0.3 is 14.2 Å². The predicted molar refractivity (Wildman–Crippen MR) is 61.4 cm³/mol. The molecule has 0 saturated heterocycles. The lowest BCUT2D eigenvalue weighted by atomic mass is 10.2. The molecule has 0 unspecified atom stereocenters. The number of hydrogen-bond acceptors (Lipinski definition) is 6. The molecule has 3 aromatic rings. The third-order valence-electron chi connectivity index (χ3n) is 2.48. The summed E-state index contributed by atoms with van der Waals surface area (Å²) in [4.78, 5) is 12.1. The van der Waals surface area contributed by atoms with Gasteiger partial charge in [0.2, 0.25) is 5.82 Å². The van der Waals surface area contributed by atoms with E-state index in [9.17, 15) is 5.11 Å². The fourth-order valence-electron chi connectivity index (χ4n) is 1.57. The van der Waals surface area contributed by atoms with Crippen molar-refractivity contribution in [2.75, 3.05) is 0 Å². The second-order valence-electron chi connectivity index (χ2n) is 3.68. The average molecular weight is 243 g/mol. The number of rotatable bonds is 2. The van der Waals surface area contributed by atoms with Gasteiger partial charge in [0.25, 0.3) is 5.89 Å². The molecular formula is C11H9N5O2. The molecule has 7 heteroatoms. The van der Waals surface area contributed by atoms with Gasteiger partial charge in [-0.3, -0.25) is 4.98 Å². The Morgan fingerprint density at radius 3 is 2.94 bits per heavy atom. The van der Waals surface area contributed by atoms with Gasteiger partial charge in [-0.1, -0.05) is 5.16 Å². The Labute approximate surface area is 102 Å². The van der Waals surface area contributed by atoms with E-state index >= 15 is 0 Å². The highest BCUT2D eigenvalue weighted by Gasteiger charge is 2.15. The lowest BCUT2D eigenvalue weighted by Crippen LogP contribution is -1.92. The summed E-state index contributed by atoms with van der Waals surface area (Å²) in [6, 6.07) is 1.60. The molecule has 3 heterocycles. The minimum atomic E-state index is -0.00691. The number of aromatic nitrogens is 5. The molecule has 0 aliphatic carbocycles. The fourth-order valence-corrected chi connectivity index (χ4v) is 1.57. The van der Waals surface area contributed by atoms with Crippen LogP contribution < -0.4 is 0 Å². The van der Waals surface area contributed by atoms with Crippen LogP contribution in [0.2, 0.25) is 0 Å². The van der Waals surface area contributed by atoms with Crippen molar-refractivity contribution >= 4 is 0 Å². The van der Waals surface area contributed by atoms with E-state index in [4.69, 9.17) is 4.52 Å².